The molecule has 0 spiro atoms. The van der Waals surface area contributed by atoms with Crippen LogP contribution in [0.3, 0.4) is 0 Å². The van der Waals surface area contributed by atoms with E-state index in [1.165, 1.54) is 19.2 Å². The molecule has 0 saturated carbocycles. The summed E-state index contributed by atoms with van der Waals surface area (Å²) in [4.78, 5) is 11.9. The van der Waals surface area contributed by atoms with Crippen LogP contribution in [0.15, 0.2) is 48.5 Å². The largest absolute Gasteiger partial charge is 1.00 e. The molecule has 0 aliphatic carbocycles. The van der Waals surface area contributed by atoms with Crippen molar-refractivity contribution < 1.29 is 63.5 Å². The number of hydrogen-bond donors (Lipinski definition) is 1. The van der Waals surface area contributed by atoms with Crippen molar-refractivity contribution in [1.82, 2.24) is 0 Å². The quantitative estimate of drug-likeness (QED) is 0.645. The van der Waals surface area contributed by atoms with Gasteiger partial charge in [-0.25, -0.2) is 9.18 Å². The summed E-state index contributed by atoms with van der Waals surface area (Å²) in [6.45, 7) is 0.284. The topological polar surface area (TPSA) is 95.0 Å². The zero-order chi connectivity index (χ0) is 19.8. The van der Waals surface area contributed by atoms with Gasteiger partial charge >= 0.3 is 35.5 Å². The van der Waals surface area contributed by atoms with Crippen LogP contribution in [-0.4, -0.2) is 30.8 Å². The minimum atomic E-state index is -1.14. The van der Waals surface area contributed by atoms with Gasteiger partial charge in [-0.3, -0.25) is 0 Å². The fourth-order valence-corrected chi connectivity index (χ4v) is 3.44. The molecule has 0 radical (unpaired) electrons. The predicted molar refractivity (Wildman–Crippen MR) is 104 cm³/mol. The van der Waals surface area contributed by atoms with Crippen molar-refractivity contribution in [1.29, 1.82) is 0 Å². The summed E-state index contributed by atoms with van der Waals surface area (Å²) in [6.07, 6.45) is 0. The van der Waals surface area contributed by atoms with Crippen LogP contribution in [0, 0.1) is 5.82 Å². The van der Waals surface area contributed by atoms with Crippen LogP contribution in [0.5, 0.6) is 17.2 Å². The fraction of sp³-hybridized carbons (Fsp3) is 0.136. The van der Waals surface area contributed by atoms with Crippen molar-refractivity contribution in [3.8, 4) is 39.5 Å². The molecule has 0 saturated heterocycles. The van der Waals surface area contributed by atoms with E-state index in [1.54, 1.807) is 37.4 Å². The number of hydrogen-bond acceptors (Lipinski definition) is 5. The van der Waals surface area contributed by atoms with Gasteiger partial charge in [0.25, 0.3) is 0 Å². The van der Waals surface area contributed by atoms with Gasteiger partial charge in [0.15, 0.2) is 11.5 Å². The van der Waals surface area contributed by atoms with Crippen LogP contribution in [0.4, 0.5) is 4.39 Å². The average Bonchev–Trinajstić information content (AvgIpc) is 2.71. The summed E-state index contributed by atoms with van der Waals surface area (Å²) in [5, 5.41) is 9.74. The Morgan fingerprint density at radius 1 is 0.967 bits per heavy atom. The Morgan fingerprint density at radius 3 is 2.27 bits per heavy atom. The number of rotatable bonds is 4. The number of carbonyl (C=O) groups is 1. The molecule has 0 atom stereocenters. The first-order valence-corrected chi connectivity index (χ1v) is 8.57. The Labute approximate surface area is 194 Å². The number of aromatic carboxylic acids is 1. The van der Waals surface area contributed by atoms with Crippen molar-refractivity contribution in [3.63, 3.8) is 0 Å². The van der Waals surface area contributed by atoms with Gasteiger partial charge in [-0.15, -0.1) is 0 Å². The third kappa shape index (κ3) is 4.02. The SMILES string of the molecule is COc1cc2c(cc1OC)-c1cc(C(=O)O)c(-c3ccccc3F)cc1OC2.[Na+].[OH-]. The zero-order valence-electron chi connectivity index (χ0n) is 16.7. The Hall–Kier alpha value is -2.58. The van der Waals surface area contributed by atoms with E-state index in [0.29, 0.717) is 22.8 Å². The van der Waals surface area contributed by atoms with Gasteiger partial charge in [-0.2, -0.15) is 0 Å². The van der Waals surface area contributed by atoms with E-state index < -0.39 is 11.8 Å². The predicted octanol–water partition coefficient (Wildman–Crippen LogP) is 1.59. The molecule has 3 aromatic carbocycles. The number of carboxylic acid groups (broad SMARTS) is 1. The van der Waals surface area contributed by atoms with Crippen LogP contribution in [0.1, 0.15) is 15.9 Å². The average molecular weight is 420 g/mol. The van der Waals surface area contributed by atoms with Gasteiger partial charge in [0.05, 0.1) is 19.8 Å². The number of carboxylic acids is 1. The molecule has 1 heterocycles. The van der Waals surface area contributed by atoms with Crippen molar-refractivity contribution in [3.05, 3.63) is 65.5 Å². The number of benzene rings is 3. The van der Waals surface area contributed by atoms with Crippen molar-refractivity contribution >= 4 is 5.97 Å². The Morgan fingerprint density at radius 2 is 1.63 bits per heavy atom. The van der Waals surface area contributed by atoms with E-state index in [9.17, 15) is 14.3 Å². The fourth-order valence-electron chi connectivity index (χ4n) is 3.44. The van der Waals surface area contributed by atoms with Crippen LogP contribution in [0.2, 0.25) is 0 Å². The second kappa shape index (κ2) is 9.49. The molecule has 3 aromatic rings. The van der Waals surface area contributed by atoms with Crippen molar-refractivity contribution in [2.75, 3.05) is 14.2 Å². The number of fused-ring (bicyclic) bond motifs is 3. The summed E-state index contributed by atoms with van der Waals surface area (Å²) in [5.74, 6) is -0.0527. The van der Waals surface area contributed by atoms with E-state index in [4.69, 9.17) is 14.2 Å². The summed E-state index contributed by atoms with van der Waals surface area (Å²) in [6, 6.07) is 12.8. The van der Waals surface area contributed by atoms with Gasteiger partial charge < -0.3 is 24.8 Å². The molecule has 1 aliphatic rings. The molecule has 6 nitrogen and oxygen atoms in total. The first kappa shape index (κ1) is 23.7. The Balaban J connectivity index is 0.00000160. The molecule has 2 N–H and O–H groups in total. The molecular weight excluding hydrogens is 402 g/mol. The van der Waals surface area contributed by atoms with E-state index in [1.807, 2.05) is 6.07 Å². The smallest absolute Gasteiger partial charge is 0.870 e. The zero-order valence-corrected chi connectivity index (χ0v) is 18.7. The molecular formula is C22H18FNaO6. The maximum Gasteiger partial charge on any atom is 1.00 e. The standard InChI is InChI=1S/C22H17FO5.Na.H2O/c1-26-20-7-12-11-28-19-10-15(13-5-3-4-6-18(13)23)17(22(24)25)8-16(19)14(12)9-21(20)27-2;;/h3-10H,11H2,1-2H3,(H,24,25);;1H2/q;+1;/p-1. The summed E-state index contributed by atoms with van der Waals surface area (Å²) < 4.78 is 30.9. The van der Waals surface area contributed by atoms with Crippen LogP contribution in [-0.2, 0) is 6.61 Å². The maximum atomic E-state index is 14.3. The molecule has 0 amide bonds. The van der Waals surface area contributed by atoms with Gasteiger partial charge in [-0.1, -0.05) is 18.2 Å². The van der Waals surface area contributed by atoms with E-state index >= 15 is 0 Å². The van der Waals surface area contributed by atoms with Crippen molar-refractivity contribution in [2.24, 2.45) is 0 Å². The first-order valence-electron chi connectivity index (χ1n) is 8.57. The van der Waals surface area contributed by atoms with Crippen LogP contribution >= 0.6 is 0 Å². The van der Waals surface area contributed by atoms with E-state index in [0.717, 1.165) is 11.1 Å². The molecule has 0 unspecified atom stereocenters. The molecule has 0 bridgehead atoms. The number of methoxy groups -OCH3 is 2. The van der Waals surface area contributed by atoms with Gasteiger partial charge in [0, 0.05) is 22.3 Å². The van der Waals surface area contributed by atoms with Crippen molar-refractivity contribution in [2.45, 2.75) is 6.61 Å². The number of halogens is 1. The van der Waals surface area contributed by atoms with E-state index in [-0.39, 0.29) is 58.3 Å². The minimum Gasteiger partial charge on any atom is -0.870 e. The molecule has 8 heteroatoms. The Kier molecular flexibility index (Phi) is 7.49. The third-order valence-corrected chi connectivity index (χ3v) is 4.80. The second-order valence-electron chi connectivity index (χ2n) is 6.33. The normalized spacial score (nSPS) is 11.0. The molecule has 4 rings (SSSR count). The monoisotopic (exact) mass is 420 g/mol. The van der Waals surface area contributed by atoms with Gasteiger partial charge in [0.1, 0.15) is 18.2 Å². The summed E-state index contributed by atoms with van der Waals surface area (Å²) in [5.41, 5.74) is 2.73. The van der Waals surface area contributed by atoms with E-state index in [2.05, 4.69) is 0 Å². The van der Waals surface area contributed by atoms with Crippen LogP contribution < -0.4 is 43.8 Å². The molecule has 0 aromatic heterocycles. The summed E-state index contributed by atoms with van der Waals surface area (Å²) in [7, 11) is 3.08. The minimum absolute atomic E-state index is 0. The first-order chi connectivity index (χ1) is 13.5. The van der Waals surface area contributed by atoms with Gasteiger partial charge in [-0.05, 0) is 35.9 Å². The van der Waals surface area contributed by atoms with Crippen LogP contribution in [0.25, 0.3) is 22.3 Å². The molecule has 1 aliphatic heterocycles. The Bertz CT molecular complexity index is 1100. The number of ether oxygens (including phenoxy) is 3. The summed E-state index contributed by atoms with van der Waals surface area (Å²) >= 11 is 0. The molecule has 150 valence electrons. The second-order valence-corrected chi connectivity index (χ2v) is 6.33. The third-order valence-electron chi connectivity index (χ3n) is 4.80. The molecule has 30 heavy (non-hydrogen) atoms. The maximum absolute atomic E-state index is 14.3. The molecule has 0 fully saturated rings. The van der Waals surface area contributed by atoms with Gasteiger partial charge in [0.2, 0.25) is 0 Å².